The lowest BCUT2D eigenvalue weighted by molar-refractivity contribution is -0.385. The average Bonchev–Trinajstić information content (AvgIpc) is 3.37. The Kier molecular flexibility index (Phi) is 18.3. The number of aryl methyl sites for hydroxylation is 1. The molecule has 0 aliphatic heterocycles. The first-order valence-corrected chi connectivity index (χ1v) is 29.9. The largest absolute Gasteiger partial charge is 0.506 e. The van der Waals surface area contributed by atoms with Gasteiger partial charge >= 0.3 is 22.5 Å². The maximum absolute atomic E-state index is 14.5. The van der Waals surface area contributed by atoms with E-state index in [4.69, 9.17) is 17.8 Å². The number of fused-ring (bicyclic) bond motifs is 1. The van der Waals surface area contributed by atoms with Gasteiger partial charge in [-0.05, 0) is 109 Å². The molecule has 422 valence electrons. The summed E-state index contributed by atoms with van der Waals surface area (Å²) < 4.78 is 107. The van der Waals surface area contributed by atoms with E-state index in [-0.39, 0.29) is 98.6 Å². The van der Waals surface area contributed by atoms with Gasteiger partial charge in [0.1, 0.15) is 34.4 Å². The van der Waals surface area contributed by atoms with Crippen molar-refractivity contribution >= 4 is 110 Å². The summed E-state index contributed by atoms with van der Waals surface area (Å²) in [4.78, 5) is 26.1. The van der Waals surface area contributed by atoms with Crippen molar-refractivity contribution < 1.29 is 63.0 Å². The first-order chi connectivity index (χ1) is 37.7. The number of phenols is 2. The van der Waals surface area contributed by atoms with Crippen molar-refractivity contribution in [2.45, 2.75) is 44.9 Å². The number of ether oxygens (including phenoxy) is 2. The molecule has 80 heavy (non-hydrogen) atoms. The first kappa shape index (κ1) is 59.3. The van der Waals surface area contributed by atoms with Gasteiger partial charge in [0.15, 0.2) is 21.3 Å². The fourth-order valence-electron chi connectivity index (χ4n) is 8.16. The highest BCUT2D eigenvalue weighted by Gasteiger charge is 2.26. The van der Waals surface area contributed by atoms with Crippen LogP contribution in [-0.4, -0.2) is 85.7 Å². The Balaban J connectivity index is 1.19. The van der Waals surface area contributed by atoms with Crippen molar-refractivity contribution in [2.75, 3.05) is 63.8 Å². The number of nitrogens with zero attached hydrogens (tertiary/aromatic N) is 4. The molecular formula is C53H56N8O15S4. The molecule has 1 amide bonds. The number of nitrogens with one attached hydrogen (secondary N) is 4. The molecule has 7 rings (SSSR count). The summed E-state index contributed by atoms with van der Waals surface area (Å²) in [6.45, 7) is 9.99. The molecule has 0 bridgehead atoms. The van der Waals surface area contributed by atoms with E-state index in [1.54, 1.807) is 43.3 Å². The standard InChI is InChI=1S/C53H56N8O15S4/c1-9-60(36-19-16-33(17-20-36)59-80(8,71)72)52(64)40-30-45(56-55-42-22-21-37(61(65)66)29-49(42)79(7,69)70)50-39(51(40)63)14-11-15-43(50)54-34-12-10-13-38(27-34)75-77(67)57-35-18-23-47(74-25-24-73-6)48(28-35)76-78(68)58-44-31-41(53(3,4)5)32(2)26-46(44)62/h10-23,26-31,54,57-59,62-63H,9,24-25H2,1-8H3. The van der Waals surface area contributed by atoms with Gasteiger partial charge in [-0.25, -0.2) is 16.8 Å². The summed E-state index contributed by atoms with van der Waals surface area (Å²) in [5.41, 5.74) is 1.94. The average molecular weight is 1170 g/mol. The molecule has 27 heteroatoms. The van der Waals surface area contributed by atoms with E-state index in [2.05, 4.69) is 29.7 Å². The van der Waals surface area contributed by atoms with Gasteiger partial charge in [-0.1, -0.05) is 39.0 Å². The van der Waals surface area contributed by atoms with Crippen molar-refractivity contribution in [3.05, 3.63) is 148 Å². The highest BCUT2D eigenvalue weighted by atomic mass is 32.2. The van der Waals surface area contributed by atoms with Crippen LogP contribution in [0.2, 0.25) is 0 Å². The van der Waals surface area contributed by atoms with Gasteiger partial charge in [-0.2, -0.15) is 8.42 Å². The Morgan fingerprint density at radius 2 is 1.45 bits per heavy atom. The zero-order valence-corrected chi connectivity index (χ0v) is 47.6. The number of phenolic OH excluding ortho intramolecular Hbond substituents is 2. The number of carbonyl (C=O) groups excluding carboxylic acids is 1. The van der Waals surface area contributed by atoms with Gasteiger partial charge in [-0.15, -0.1) is 10.2 Å². The highest BCUT2D eigenvalue weighted by molar-refractivity contribution is 7.92. The molecule has 0 heterocycles. The number of carbonyl (C=O) groups is 1. The molecule has 0 spiro atoms. The monoisotopic (exact) mass is 1170 g/mol. The molecule has 0 aliphatic carbocycles. The topological polar surface area (TPSA) is 316 Å². The lowest BCUT2D eigenvalue weighted by atomic mass is 9.84. The van der Waals surface area contributed by atoms with Gasteiger partial charge < -0.3 is 38.3 Å². The van der Waals surface area contributed by atoms with Gasteiger partial charge in [0.25, 0.3) is 11.6 Å². The summed E-state index contributed by atoms with van der Waals surface area (Å²) in [7, 11) is -6.22. The van der Waals surface area contributed by atoms with Crippen LogP contribution in [0.25, 0.3) is 10.8 Å². The molecule has 23 nitrogen and oxygen atoms in total. The van der Waals surface area contributed by atoms with Crippen molar-refractivity contribution in [1.82, 2.24) is 0 Å². The van der Waals surface area contributed by atoms with E-state index in [0.29, 0.717) is 11.4 Å². The first-order valence-electron chi connectivity index (χ1n) is 24.0. The molecule has 6 N–H and O–H groups in total. The minimum absolute atomic E-state index is 0.0263. The van der Waals surface area contributed by atoms with Gasteiger partial charge in [0.05, 0.1) is 40.4 Å². The number of rotatable bonds is 23. The van der Waals surface area contributed by atoms with Crippen LogP contribution in [0.15, 0.2) is 136 Å². The van der Waals surface area contributed by atoms with Crippen LogP contribution in [0.3, 0.4) is 0 Å². The van der Waals surface area contributed by atoms with E-state index in [1.165, 1.54) is 78.7 Å². The summed E-state index contributed by atoms with van der Waals surface area (Å²) >= 11 is -4.55. The minimum atomic E-state index is -4.11. The zero-order chi connectivity index (χ0) is 58.3. The summed E-state index contributed by atoms with van der Waals surface area (Å²) in [6.07, 6.45) is 1.84. The molecular weight excluding hydrogens is 1120 g/mol. The second-order valence-corrected chi connectivity index (χ2v) is 24.2. The Bertz CT molecular complexity index is 3820. The molecule has 7 aromatic rings. The number of azo groups is 1. The lowest BCUT2D eigenvalue weighted by Crippen LogP contribution is -2.30. The molecule has 0 aromatic heterocycles. The van der Waals surface area contributed by atoms with Crippen LogP contribution in [0.1, 0.15) is 49.2 Å². The maximum Gasteiger partial charge on any atom is 0.316 e. The number of amides is 1. The van der Waals surface area contributed by atoms with Crippen molar-refractivity contribution in [1.29, 1.82) is 0 Å². The number of benzene rings is 7. The van der Waals surface area contributed by atoms with E-state index in [0.717, 1.165) is 41.8 Å². The maximum atomic E-state index is 14.5. The number of hydrogen-bond donors (Lipinski definition) is 6. The predicted molar refractivity (Wildman–Crippen MR) is 308 cm³/mol. The third kappa shape index (κ3) is 14.8. The third-order valence-corrected chi connectivity index (χ3v) is 14.9. The normalized spacial score (nSPS) is 12.6. The summed E-state index contributed by atoms with van der Waals surface area (Å²) in [6, 6.07) is 28.9. The number of aromatic hydroxyl groups is 2. The number of nitro groups is 1. The SMILES string of the molecule is CCN(C(=O)c1cc(N=Nc2ccc([N+](=O)[O-])cc2S(C)(=O)=O)c2c(Nc3cccc(OS(=O)Nc4ccc(OCCOC)c(OS(=O)Nc5cc(C(C)(C)C)c(C)cc5O)c4)c3)cccc2c1O)c1ccc(NS(C)(=O)=O)cc1. The minimum Gasteiger partial charge on any atom is -0.506 e. The number of hydrogen-bond acceptors (Lipinski definition) is 18. The number of non-ortho nitro benzene ring substituents is 1. The van der Waals surface area contributed by atoms with E-state index in [9.17, 15) is 50.4 Å². The van der Waals surface area contributed by atoms with E-state index < -0.39 is 69.6 Å². The van der Waals surface area contributed by atoms with E-state index in [1.807, 2.05) is 27.7 Å². The van der Waals surface area contributed by atoms with Crippen molar-refractivity contribution in [2.24, 2.45) is 10.2 Å². The molecule has 2 unspecified atom stereocenters. The Morgan fingerprint density at radius 1 is 0.762 bits per heavy atom. The van der Waals surface area contributed by atoms with Crippen LogP contribution >= 0.6 is 0 Å². The molecule has 0 aliphatic rings. The molecule has 0 fully saturated rings. The smallest absolute Gasteiger partial charge is 0.316 e. The Labute approximate surface area is 466 Å². The quantitative estimate of drug-likeness (QED) is 0.0114. The van der Waals surface area contributed by atoms with Gasteiger partial charge in [0.2, 0.25) is 10.0 Å². The number of nitro benzene ring substituents is 1. The fourth-order valence-corrected chi connectivity index (χ4v) is 10.9. The number of sulfone groups is 1. The van der Waals surface area contributed by atoms with Crippen LogP contribution in [-0.2, 0) is 52.5 Å². The number of anilines is 6. The fraction of sp³-hybridized carbons (Fsp3) is 0.226. The second-order valence-electron chi connectivity index (χ2n) is 18.8. The van der Waals surface area contributed by atoms with Gasteiger partial charge in [0, 0.05) is 77.7 Å². The van der Waals surface area contributed by atoms with Crippen molar-refractivity contribution in [3.63, 3.8) is 0 Å². The second kappa shape index (κ2) is 24.7. The predicted octanol–water partition coefficient (Wildman–Crippen LogP) is 10.5. The van der Waals surface area contributed by atoms with Crippen LogP contribution in [0, 0.1) is 17.0 Å². The lowest BCUT2D eigenvalue weighted by Gasteiger charge is -2.23. The highest BCUT2D eigenvalue weighted by Crippen LogP contribution is 2.44. The molecule has 0 saturated heterocycles. The van der Waals surface area contributed by atoms with E-state index >= 15 is 0 Å². The summed E-state index contributed by atoms with van der Waals surface area (Å²) in [5.74, 6) is -1.08. The molecule has 7 aromatic carbocycles. The number of methoxy groups -OCH3 is 1. The summed E-state index contributed by atoms with van der Waals surface area (Å²) in [5, 5.41) is 46.4. The van der Waals surface area contributed by atoms with Crippen LogP contribution in [0.5, 0.6) is 28.7 Å². The molecule has 0 saturated carbocycles. The zero-order valence-electron chi connectivity index (χ0n) is 44.3. The Hall–Kier alpha value is -8.37. The van der Waals surface area contributed by atoms with Gasteiger partial charge in [-0.3, -0.25) is 29.1 Å². The Morgan fingerprint density at radius 3 is 2.11 bits per heavy atom. The van der Waals surface area contributed by atoms with Crippen LogP contribution in [0.4, 0.5) is 51.2 Å². The third-order valence-electron chi connectivity index (χ3n) is 11.7. The van der Waals surface area contributed by atoms with Crippen molar-refractivity contribution in [3.8, 4) is 28.7 Å². The van der Waals surface area contributed by atoms with Crippen LogP contribution < -0.4 is 37.5 Å². The number of sulfonamides is 1. The molecule has 2 atom stereocenters. The molecule has 0 radical (unpaired) electrons.